The van der Waals surface area contributed by atoms with Crippen molar-refractivity contribution in [1.29, 1.82) is 0 Å². The van der Waals surface area contributed by atoms with Crippen LogP contribution in [0.2, 0.25) is 0 Å². The molecule has 0 atom stereocenters. The number of nitrogens with one attached hydrogen (secondary N) is 1. The smallest absolute Gasteiger partial charge is 0.113 e. The SMILES string of the molecule is CCc1ccc2c(CNC)nc(CC)n2c1. The third kappa shape index (κ3) is 1.83. The maximum absolute atomic E-state index is 4.67. The van der Waals surface area contributed by atoms with Crippen molar-refractivity contribution in [3.05, 3.63) is 35.4 Å². The first-order chi connectivity index (χ1) is 7.80. The second-order valence-electron chi connectivity index (χ2n) is 4.00. The van der Waals surface area contributed by atoms with Crippen LogP contribution in [0, 0.1) is 0 Å². The number of aryl methyl sites for hydroxylation is 2. The van der Waals surface area contributed by atoms with E-state index >= 15 is 0 Å². The van der Waals surface area contributed by atoms with E-state index in [0.29, 0.717) is 0 Å². The van der Waals surface area contributed by atoms with E-state index in [1.165, 1.54) is 11.1 Å². The van der Waals surface area contributed by atoms with Crippen LogP contribution in [0.4, 0.5) is 0 Å². The first-order valence-electron chi connectivity index (χ1n) is 5.93. The lowest BCUT2D eigenvalue weighted by molar-refractivity contribution is 0.796. The summed E-state index contributed by atoms with van der Waals surface area (Å²) in [4.78, 5) is 4.67. The van der Waals surface area contributed by atoms with Crippen molar-refractivity contribution in [2.75, 3.05) is 7.05 Å². The molecule has 2 heterocycles. The molecule has 86 valence electrons. The predicted octanol–water partition coefficient (Wildman–Crippen LogP) is 2.18. The number of hydrogen-bond acceptors (Lipinski definition) is 2. The lowest BCUT2D eigenvalue weighted by Crippen LogP contribution is -2.05. The molecule has 0 amide bonds. The number of pyridine rings is 1. The molecule has 0 radical (unpaired) electrons. The van der Waals surface area contributed by atoms with Crippen LogP contribution in [0.25, 0.3) is 5.52 Å². The highest BCUT2D eigenvalue weighted by Gasteiger charge is 2.08. The highest BCUT2D eigenvalue weighted by Crippen LogP contribution is 2.15. The van der Waals surface area contributed by atoms with Crippen LogP contribution in [0.3, 0.4) is 0 Å². The molecule has 0 bridgehead atoms. The molecule has 0 aromatic carbocycles. The zero-order chi connectivity index (χ0) is 11.5. The fourth-order valence-corrected chi connectivity index (χ4v) is 2.02. The van der Waals surface area contributed by atoms with Gasteiger partial charge in [-0.3, -0.25) is 0 Å². The summed E-state index contributed by atoms with van der Waals surface area (Å²) < 4.78 is 2.23. The van der Waals surface area contributed by atoms with Crippen molar-refractivity contribution in [2.24, 2.45) is 0 Å². The van der Waals surface area contributed by atoms with E-state index in [0.717, 1.165) is 30.9 Å². The van der Waals surface area contributed by atoms with E-state index < -0.39 is 0 Å². The molecule has 0 fully saturated rings. The Hall–Kier alpha value is -1.35. The highest BCUT2D eigenvalue weighted by molar-refractivity contribution is 5.54. The first kappa shape index (κ1) is 11.1. The normalized spacial score (nSPS) is 11.2. The van der Waals surface area contributed by atoms with Crippen LogP contribution in [0.1, 0.15) is 30.9 Å². The van der Waals surface area contributed by atoms with Gasteiger partial charge in [0.1, 0.15) is 5.82 Å². The molecule has 2 rings (SSSR count). The minimum atomic E-state index is 0.828. The van der Waals surface area contributed by atoms with Crippen molar-refractivity contribution >= 4 is 5.52 Å². The van der Waals surface area contributed by atoms with Gasteiger partial charge in [-0.2, -0.15) is 0 Å². The largest absolute Gasteiger partial charge is 0.314 e. The summed E-state index contributed by atoms with van der Waals surface area (Å²) in [5, 5.41) is 3.17. The Morgan fingerprint density at radius 2 is 2.06 bits per heavy atom. The number of imidazole rings is 1. The van der Waals surface area contributed by atoms with Crippen LogP contribution in [-0.4, -0.2) is 16.4 Å². The molecule has 2 aromatic rings. The van der Waals surface area contributed by atoms with Crippen LogP contribution in [0.5, 0.6) is 0 Å². The van der Waals surface area contributed by atoms with Gasteiger partial charge in [-0.1, -0.05) is 19.9 Å². The van der Waals surface area contributed by atoms with Crippen molar-refractivity contribution in [3.8, 4) is 0 Å². The van der Waals surface area contributed by atoms with Gasteiger partial charge in [0, 0.05) is 19.2 Å². The van der Waals surface area contributed by atoms with Gasteiger partial charge in [-0.15, -0.1) is 0 Å². The third-order valence-electron chi connectivity index (χ3n) is 2.92. The maximum atomic E-state index is 4.67. The van der Waals surface area contributed by atoms with Crippen LogP contribution < -0.4 is 5.32 Å². The third-order valence-corrected chi connectivity index (χ3v) is 2.92. The molecule has 0 aliphatic heterocycles. The minimum Gasteiger partial charge on any atom is -0.314 e. The van der Waals surface area contributed by atoms with Crippen molar-refractivity contribution in [3.63, 3.8) is 0 Å². The average Bonchev–Trinajstić information content (AvgIpc) is 2.67. The second kappa shape index (κ2) is 4.66. The molecule has 3 heteroatoms. The van der Waals surface area contributed by atoms with Crippen LogP contribution in [-0.2, 0) is 19.4 Å². The molecule has 0 aliphatic carbocycles. The zero-order valence-electron chi connectivity index (χ0n) is 10.2. The van der Waals surface area contributed by atoms with Gasteiger partial charge in [-0.05, 0) is 25.1 Å². The summed E-state index contributed by atoms with van der Waals surface area (Å²) in [6.45, 7) is 5.16. The summed E-state index contributed by atoms with van der Waals surface area (Å²) in [5.41, 5.74) is 3.72. The van der Waals surface area contributed by atoms with Gasteiger partial charge in [0.25, 0.3) is 0 Å². The number of fused-ring (bicyclic) bond motifs is 1. The molecule has 3 nitrogen and oxygen atoms in total. The molecule has 0 spiro atoms. The van der Waals surface area contributed by atoms with E-state index in [2.05, 4.69) is 46.9 Å². The van der Waals surface area contributed by atoms with Crippen LogP contribution in [0.15, 0.2) is 18.3 Å². The Bertz CT molecular complexity index is 485. The molecule has 2 aromatic heterocycles. The molecule has 0 saturated carbocycles. The number of nitrogens with zero attached hydrogens (tertiary/aromatic N) is 2. The fraction of sp³-hybridized carbons (Fsp3) is 0.462. The maximum Gasteiger partial charge on any atom is 0.113 e. The topological polar surface area (TPSA) is 29.3 Å². The number of hydrogen-bond donors (Lipinski definition) is 1. The Balaban J connectivity index is 2.59. The summed E-state index contributed by atoms with van der Waals surface area (Å²) >= 11 is 0. The second-order valence-corrected chi connectivity index (χ2v) is 4.00. The van der Waals surface area contributed by atoms with Gasteiger partial charge in [0.15, 0.2) is 0 Å². The van der Waals surface area contributed by atoms with Gasteiger partial charge < -0.3 is 9.72 Å². The summed E-state index contributed by atoms with van der Waals surface area (Å²) in [5.74, 6) is 1.15. The average molecular weight is 217 g/mol. The monoisotopic (exact) mass is 217 g/mol. The Labute approximate surface area is 96.5 Å². The molecular formula is C13H19N3. The first-order valence-corrected chi connectivity index (χ1v) is 5.93. The summed E-state index contributed by atoms with van der Waals surface area (Å²) in [7, 11) is 1.96. The Morgan fingerprint density at radius 3 is 2.69 bits per heavy atom. The quantitative estimate of drug-likeness (QED) is 0.850. The fourth-order valence-electron chi connectivity index (χ4n) is 2.02. The molecule has 0 aliphatic rings. The zero-order valence-corrected chi connectivity index (χ0v) is 10.2. The predicted molar refractivity (Wildman–Crippen MR) is 66.7 cm³/mol. The van der Waals surface area contributed by atoms with E-state index in [1.54, 1.807) is 0 Å². The molecular weight excluding hydrogens is 198 g/mol. The Kier molecular flexibility index (Phi) is 3.25. The van der Waals surface area contributed by atoms with Gasteiger partial charge in [0.05, 0.1) is 11.2 Å². The molecule has 16 heavy (non-hydrogen) atoms. The summed E-state index contributed by atoms with van der Waals surface area (Å²) in [6.07, 6.45) is 4.25. The van der Waals surface area contributed by atoms with E-state index in [1.807, 2.05) is 7.05 Å². The van der Waals surface area contributed by atoms with Crippen molar-refractivity contribution in [2.45, 2.75) is 33.2 Å². The van der Waals surface area contributed by atoms with Crippen molar-refractivity contribution < 1.29 is 0 Å². The highest BCUT2D eigenvalue weighted by atomic mass is 15.0. The van der Waals surface area contributed by atoms with Gasteiger partial charge in [0.2, 0.25) is 0 Å². The Morgan fingerprint density at radius 1 is 1.25 bits per heavy atom. The number of rotatable bonds is 4. The van der Waals surface area contributed by atoms with E-state index in [-0.39, 0.29) is 0 Å². The van der Waals surface area contributed by atoms with Gasteiger partial charge in [-0.25, -0.2) is 4.98 Å². The lowest BCUT2D eigenvalue weighted by atomic mass is 10.2. The minimum absolute atomic E-state index is 0.828. The lowest BCUT2D eigenvalue weighted by Gasteiger charge is -2.02. The molecule has 0 saturated heterocycles. The summed E-state index contributed by atoms with van der Waals surface area (Å²) in [6, 6.07) is 4.37. The van der Waals surface area contributed by atoms with E-state index in [4.69, 9.17) is 0 Å². The molecule has 0 unspecified atom stereocenters. The standard InChI is InChI=1S/C13H19N3/c1-4-10-6-7-12-11(8-14-3)15-13(5-2)16(12)9-10/h6-7,9,14H,4-5,8H2,1-3H3. The number of aromatic nitrogens is 2. The van der Waals surface area contributed by atoms with Gasteiger partial charge >= 0.3 is 0 Å². The van der Waals surface area contributed by atoms with Crippen LogP contribution >= 0.6 is 0 Å². The van der Waals surface area contributed by atoms with E-state index in [9.17, 15) is 0 Å². The van der Waals surface area contributed by atoms with Crippen molar-refractivity contribution in [1.82, 2.24) is 14.7 Å². The molecule has 1 N–H and O–H groups in total.